The summed E-state index contributed by atoms with van der Waals surface area (Å²) in [6.07, 6.45) is 4.92. The molecule has 3 nitrogen and oxygen atoms in total. The van der Waals surface area contributed by atoms with E-state index in [4.69, 9.17) is 0 Å². The van der Waals surface area contributed by atoms with Gasteiger partial charge < -0.3 is 4.57 Å². The molecule has 1 aromatic carbocycles. The number of nitrogens with zero attached hydrogens (tertiary/aromatic N) is 3. The third kappa shape index (κ3) is 3.58. The van der Waals surface area contributed by atoms with Crippen molar-refractivity contribution in [3.63, 3.8) is 0 Å². The van der Waals surface area contributed by atoms with Crippen molar-refractivity contribution in [1.29, 1.82) is 0 Å². The predicted octanol–water partition coefficient (Wildman–Crippen LogP) is 3.89. The largest absolute Gasteiger partial charge is 0.306 e. The highest BCUT2D eigenvalue weighted by Gasteiger charge is 2.14. The zero-order valence-electron chi connectivity index (χ0n) is 11.5. The fraction of sp³-hybridized carbons (Fsp3) is 0.467. The monoisotopic (exact) mass is 305 g/mol. The fourth-order valence-electron chi connectivity index (χ4n) is 2.37. The zero-order chi connectivity index (χ0) is 13.6. The van der Waals surface area contributed by atoms with Gasteiger partial charge in [-0.1, -0.05) is 36.4 Å². The number of hydrogen-bond acceptors (Lipinski definition) is 4. The van der Waals surface area contributed by atoms with Crippen molar-refractivity contribution in [2.24, 2.45) is 0 Å². The molecular weight excluding hydrogens is 286 g/mol. The van der Waals surface area contributed by atoms with Crippen LogP contribution in [0.2, 0.25) is 0 Å². The Morgan fingerprint density at radius 3 is 2.70 bits per heavy atom. The minimum absolute atomic E-state index is 1.08. The second-order valence-electron chi connectivity index (χ2n) is 4.87. The van der Waals surface area contributed by atoms with Crippen LogP contribution < -0.4 is 0 Å². The quantitative estimate of drug-likeness (QED) is 0.619. The average molecular weight is 305 g/mol. The normalized spacial score (nSPS) is 14.8. The second-order valence-corrected chi connectivity index (χ2v) is 7.10. The van der Waals surface area contributed by atoms with E-state index in [9.17, 15) is 0 Å². The molecule has 1 aliphatic heterocycles. The van der Waals surface area contributed by atoms with Crippen LogP contribution in [0.5, 0.6) is 0 Å². The van der Waals surface area contributed by atoms with E-state index in [0.29, 0.717) is 0 Å². The molecule has 0 radical (unpaired) electrons. The van der Waals surface area contributed by atoms with Gasteiger partial charge in [0.05, 0.1) is 0 Å². The highest BCUT2D eigenvalue weighted by molar-refractivity contribution is 8.02. The third-order valence-corrected chi connectivity index (χ3v) is 5.64. The maximum absolute atomic E-state index is 4.35. The van der Waals surface area contributed by atoms with Crippen molar-refractivity contribution < 1.29 is 0 Å². The number of thioether (sulfide) groups is 2. The first-order valence-corrected chi connectivity index (χ1v) is 9.13. The summed E-state index contributed by atoms with van der Waals surface area (Å²) in [4.78, 5) is 1.34. The van der Waals surface area contributed by atoms with E-state index < -0.39 is 0 Å². The second kappa shape index (κ2) is 7.18. The molecule has 0 unspecified atom stereocenters. The summed E-state index contributed by atoms with van der Waals surface area (Å²) in [5, 5.41) is 9.80. The van der Waals surface area contributed by atoms with Gasteiger partial charge in [0.2, 0.25) is 0 Å². The third-order valence-electron chi connectivity index (χ3n) is 3.40. The van der Waals surface area contributed by atoms with Gasteiger partial charge in [0.15, 0.2) is 5.16 Å². The maximum Gasteiger partial charge on any atom is 0.191 e. The topological polar surface area (TPSA) is 30.7 Å². The smallest absolute Gasteiger partial charge is 0.191 e. The summed E-state index contributed by atoms with van der Waals surface area (Å²) in [6, 6.07) is 10.6. The Hall–Kier alpha value is -0.940. The number of rotatable bonds is 5. The van der Waals surface area contributed by atoms with E-state index in [1.807, 2.05) is 23.5 Å². The first-order valence-electron chi connectivity index (χ1n) is 7.16. The van der Waals surface area contributed by atoms with E-state index in [1.165, 1.54) is 30.0 Å². The molecule has 0 fully saturated rings. The molecule has 20 heavy (non-hydrogen) atoms. The Balaban J connectivity index is 1.50. The lowest BCUT2D eigenvalue weighted by Gasteiger charge is -2.06. The molecule has 2 aromatic rings. The molecule has 0 N–H and O–H groups in total. The SMILES string of the molecule is c1ccc(SCCSc2nnc3n2CCCCC3)cc1. The number of benzene rings is 1. The van der Waals surface area contributed by atoms with Crippen LogP contribution in [0.3, 0.4) is 0 Å². The molecule has 0 amide bonds. The molecule has 0 saturated carbocycles. The average Bonchev–Trinajstić information content (AvgIpc) is 2.72. The van der Waals surface area contributed by atoms with Crippen LogP contribution >= 0.6 is 23.5 Å². The minimum Gasteiger partial charge on any atom is -0.306 e. The molecule has 5 heteroatoms. The van der Waals surface area contributed by atoms with Crippen molar-refractivity contribution in [3.8, 4) is 0 Å². The van der Waals surface area contributed by atoms with Crippen LogP contribution in [0.1, 0.15) is 25.1 Å². The van der Waals surface area contributed by atoms with E-state index in [1.54, 1.807) is 0 Å². The molecule has 3 rings (SSSR count). The molecule has 1 aliphatic rings. The summed E-state index contributed by atoms with van der Waals surface area (Å²) in [5.74, 6) is 3.37. The highest BCUT2D eigenvalue weighted by atomic mass is 32.2. The zero-order valence-corrected chi connectivity index (χ0v) is 13.1. The fourth-order valence-corrected chi connectivity index (χ4v) is 4.26. The Kier molecular flexibility index (Phi) is 5.03. The first kappa shape index (κ1) is 14.0. The molecule has 106 valence electrons. The van der Waals surface area contributed by atoms with Crippen LogP contribution in [-0.4, -0.2) is 26.3 Å². The van der Waals surface area contributed by atoms with E-state index in [0.717, 1.165) is 29.6 Å². The van der Waals surface area contributed by atoms with Gasteiger partial charge in [0.1, 0.15) is 5.82 Å². The summed E-state index contributed by atoms with van der Waals surface area (Å²) < 4.78 is 2.32. The van der Waals surface area contributed by atoms with Crippen LogP contribution in [-0.2, 0) is 13.0 Å². The predicted molar refractivity (Wildman–Crippen MR) is 85.5 cm³/mol. The van der Waals surface area contributed by atoms with Gasteiger partial charge in [0.25, 0.3) is 0 Å². The molecule has 1 aromatic heterocycles. The number of fused-ring (bicyclic) bond motifs is 1. The standard InChI is InChI=1S/C15H19N3S2/c1-3-7-13(8-4-1)19-11-12-20-15-17-16-14-9-5-2-6-10-18(14)15/h1,3-4,7-8H,2,5-6,9-12H2. The number of aromatic nitrogens is 3. The van der Waals surface area contributed by atoms with Crippen molar-refractivity contribution in [3.05, 3.63) is 36.2 Å². The van der Waals surface area contributed by atoms with Gasteiger partial charge in [-0.3, -0.25) is 0 Å². The highest BCUT2D eigenvalue weighted by Crippen LogP contribution is 2.24. The Morgan fingerprint density at radius 1 is 0.950 bits per heavy atom. The molecule has 2 heterocycles. The Bertz CT molecular complexity index is 539. The molecular formula is C15H19N3S2. The summed E-state index contributed by atoms with van der Waals surface area (Å²) in [6.45, 7) is 1.09. The molecule has 0 spiro atoms. The lowest BCUT2D eigenvalue weighted by atomic mass is 10.2. The van der Waals surface area contributed by atoms with Crippen LogP contribution in [0.25, 0.3) is 0 Å². The number of aryl methyl sites for hydroxylation is 1. The lowest BCUT2D eigenvalue weighted by molar-refractivity contribution is 0.591. The summed E-state index contributed by atoms with van der Waals surface area (Å²) in [7, 11) is 0. The van der Waals surface area contributed by atoms with Crippen molar-refractivity contribution in [1.82, 2.24) is 14.8 Å². The molecule has 0 atom stereocenters. The van der Waals surface area contributed by atoms with Crippen LogP contribution in [0, 0.1) is 0 Å². The van der Waals surface area contributed by atoms with Crippen molar-refractivity contribution in [2.45, 2.75) is 42.3 Å². The Labute approximate surface area is 128 Å². The van der Waals surface area contributed by atoms with Gasteiger partial charge >= 0.3 is 0 Å². The number of hydrogen-bond donors (Lipinski definition) is 0. The molecule has 0 aliphatic carbocycles. The van der Waals surface area contributed by atoms with Crippen molar-refractivity contribution in [2.75, 3.05) is 11.5 Å². The van der Waals surface area contributed by atoms with Gasteiger partial charge in [-0.2, -0.15) is 0 Å². The van der Waals surface area contributed by atoms with Gasteiger partial charge in [-0.05, 0) is 25.0 Å². The van der Waals surface area contributed by atoms with Gasteiger partial charge in [0, 0.05) is 29.4 Å². The van der Waals surface area contributed by atoms with E-state index in [2.05, 4.69) is 45.1 Å². The summed E-state index contributed by atoms with van der Waals surface area (Å²) >= 11 is 3.74. The summed E-state index contributed by atoms with van der Waals surface area (Å²) in [5.41, 5.74) is 0. The first-order chi connectivity index (χ1) is 9.93. The van der Waals surface area contributed by atoms with E-state index in [-0.39, 0.29) is 0 Å². The van der Waals surface area contributed by atoms with Crippen LogP contribution in [0.15, 0.2) is 40.4 Å². The van der Waals surface area contributed by atoms with E-state index >= 15 is 0 Å². The van der Waals surface area contributed by atoms with Gasteiger partial charge in [-0.25, -0.2) is 0 Å². The van der Waals surface area contributed by atoms with Crippen molar-refractivity contribution >= 4 is 23.5 Å². The van der Waals surface area contributed by atoms with Crippen LogP contribution in [0.4, 0.5) is 0 Å². The minimum atomic E-state index is 1.08. The maximum atomic E-state index is 4.35. The van der Waals surface area contributed by atoms with Gasteiger partial charge in [-0.15, -0.1) is 22.0 Å². The lowest BCUT2D eigenvalue weighted by Crippen LogP contribution is -2.02. The molecule has 0 bridgehead atoms. The molecule has 0 saturated heterocycles. The Morgan fingerprint density at radius 2 is 1.80 bits per heavy atom.